The number of furan rings is 1. The molecule has 0 spiro atoms. The van der Waals surface area contributed by atoms with Gasteiger partial charge < -0.3 is 14.7 Å². The second-order valence-corrected chi connectivity index (χ2v) is 12.6. The summed E-state index contributed by atoms with van der Waals surface area (Å²) < 4.78 is 8.78. The van der Waals surface area contributed by atoms with Gasteiger partial charge in [-0.05, 0) is 47.0 Å². The number of nitrogens with two attached hydrogens (primary N) is 1. The molecular formula is C45H34N4O. The lowest BCUT2D eigenvalue weighted by Gasteiger charge is -2.17. The van der Waals surface area contributed by atoms with Crippen LogP contribution in [0.25, 0.3) is 60.6 Å². The molecule has 5 nitrogen and oxygen atoms in total. The Morgan fingerprint density at radius 3 is 2.12 bits per heavy atom. The van der Waals surface area contributed by atoms with Crippen LogP contribution >= 0.6 is 0 Å². The van der Waals surface area contributed by atoms with Gasteiger partial charge in [0, 0.05) is 44.9 Å². The smallest absolute Gasteiger partial charge is 0.143 e. The van der Waals surface area contributed by atoms with Gasteiger partial charge in [0.1, 0.15) is 23.2 Å². The number of rotatable bonds is 8. The average Bonchev–Trinajstić information content (AvgIpc) is 3.73. The van der Waals surface area contributed by atoms with Gasteiger partial charge in [-0.1, -0.05) is 140 Å². The lowest BCUT2D eigenvalue weighted by Crippen LogP contribution is -2.23. The van der Waals surface area contributed by atoms with Crippen molar-refractivity contribution in [2.24, 2.45) is 10.7 Å². The minimum atomic E-state index is -0.289. The van der Waals surface area contributed by atoms with Gasteiger partial charge in [-0.15, -0.1) is 0 Å². The summed E-state index contributed by atoms with van der Waals surface area (Å²) >= 11 is 0. The quantitative estimate of drug-likeness (QED) is 0.128. The third-order valence-electron chi connectivity index (χ3n) is 9.54. The van der Waals surface area contributed by atoms with Crippen molar-refractivity contribution in [1.29, 1.82) is 0 Å². The lowest BCUT2D eigenvalue weighted by molar-refractivity contribution is 0.554. The fourth-order valence-corrected chi connectivity index (χ4v) is 7.06. The van der Waals surface area contributed by atoms with E-state index < -0.39 is 0 Å². The molecule has 0 radical (unpaired) electrons. The zero-order valence-corrected chi connectivity index (χ0v) is 27.3. The van der Waals surface area contributed by atoms with Crippen LogP contribution in [0, 0.1) is 0 Å². The van der Waals surface area contributed by atoms with Crippen molar-refractivity contribution in [3.05, 3.63) is 187 Å². The molecule has 50 heavy (non-hydrogen) atoms. The standard InChI is InChI=1S/C45H34N4O/c46-44(31-12-3-1-4-13-31)48-45(32-14-5-2-6-15-32)47-29-30-22-25-34(26-23-30)49-40-20-9-7-16-36(40)37-27-24-33(28-41(37)49)35-18-11-19-39-38-17-8-10-21-42(38)50-43(35)39/h1-28,45,47H,29H2,(H2,46,48). The van der Waals surface area contributed by atoms with E-state index in [2.05, 4.69) is 119 Å². The fraction of sp³-hybridized carbons (Fsp3) is 0.0444. The monoisotopic (exact) mass is 646 g/mol. The van der Waals surface area contributed by atoms with Gasteiger partial charge in [-0.2, -0.15) is 0 Å². The summed E-state index contributed by atoms with van der Waals surface area (Å²) in [5.74, 6) is 0.504. The molecule has 1 atom stereocenters. The van der Waals surface area contributed by atoms with E-state index in [1.165, 1.54) is 16.3 Å². The zero-order valence-electron chi connectivity index (χ0n) is 27.3. The first-order valence-corrected chi connectivity index (χ1v) is 16.9. The van der Waals surface area contributed by atoms with E-state index in [4.69, 9.17) is 15.1 Å². The molecule has 3 N–H and O–H groups in total. The van der Waals surface area contributed by atoms with Gasteiger partial charge >= 0.3 is 0 Å². The highest BCUT2D eigenvalue weighted by atomic mass is 16.3. The molecule has 0 aliphatic rings. The van der Waals surface area contributed by atoms with Gasteiger partial charge in [-0.25, -0.2) is 4.99 Å². The first kappa shape index (κ1) is 29.7. The molecule has 9 rings (SSSR count). The molecule has 7 aromatic carbocycles. The maximum Gasteiger partial charge on any atom is 0.143 e. The molecule has 0 aliphatic heterocycles. The summed E-state index contributed by atoms with van der Waals surface area (Å²) in [6, 6.07) is 59.0. The molecule has 0 amide bonds. The van der Waals surface area contributed by atoms with Gasteiger partial charge in [0.05, 0.1) is 11.0 Å². The van der Waals surface area contributed by atoms with Crippen LogP contribution in [-0.4, -0.2) is 10.4 Å². The van der Waals surface area contributed by atoms with Crippen LogP contribution < -0.4 is 11.1 Å². The van der Waals surface area contributed by atoms with Crippen molar-refractivity contribution in [1.82, 2.24) is 9.88 Å². The van der Waals surface area contributed by atoms with Gasteiger partial charge in [0.25, 0.3) is 0 Å². The predicted octanol–water partition coefficient (Wildman–Crippen LogP) is 10.5. The first-order chi connectivity index (χ1) is 24.7. The number of benzene rings is 7. The van der Waals surface area contributed by atoms with Crippen molar-refractivity contribution >= 4 is 49.6 Å². The van der Waals surface area contributed by atoms with Gasteiger partial charge in [-0.3, -0.25) is 5.32 Å². The summed E-state index contributed by atoms with van der Waals surface area (Å²) in [4.78, 5) is 4.90. The number of nitrogens with one attached hydrogen (secondary N) is 1. The highest BCUT2D eigenvalue weighted by molar-refractivity contribution is 6.12. The summed E-state index contributed by atoms with van der Waals surface area (Å²) in [5.41, 5.74) is 17.0. The number of para-hydroxylation sites is 3. The number of fused-ring (bicyclic) bond motifs is 6. The molecule has 0 fully saturated rings. The van der Waals surface area contributed by atoms with Crippen LogP contribution in [0.3, 0.4) is 0 Å². The van der Waals surface area contributed by atoms with E-state index in [-0.39, 0.29) is 6.17 Å². The Morgan fingerprint density at radius 1 is 0.620 bits per heavy atom. The third-order valence-corrected chi connectivity index (χ3v) is 9.54. The van der Waals surface area contributed by atoms with Crippen LogP contribution in [0.4, 0.5) is 0 Å². The predicted molar refractivity (Wildman–Crippen MR) is 207 cm³/mol. The molecule has 0 saturated carbocycles. The molecular weight excluding hydrogens is 613 g/mol. The van der Waals surface area contributed by atoms with Crippen molar-refractivity contribution in [2.45, 2.75) is 12.7 Å². The van der Waals surface area contributed by atoms with Gasteiger partial charge in [0.2, 0.25) is 0 Å². The van der Waals surface area contributed by atoms with E-state index in [1.807, 2.05) is 60.7 Å². The van der Waals surface area contributed by atoms with Crippen LogP contribution in [0.5, 0.6) is 0 Å². The van der Waals surface area contributed by atoms with Gasteiger partial charge in [0.15, 0.2) is 0 Å². The van der Waals surface area contributed by atoms with Crippen molar-refractivity contribution < 1.29 is 4.42 Å². The van der Waals surface area contributed by atoms with Crippen LogP contribution in [-0.2, 0) is 6.54 Å². The zero-order chi connectivity index (χ0) is 33.4. The Labute approximate surface area is 289 Å². The maximum absolute atomic E-state index is 6.46. The molecule has 1 unspecified atom stereocenters. The Balaban J connectivity index is 1.07. The van der Waals surface area contributed by atoms with E-state index in [0.29, 0.717) is 12.4 Å². The van der Waals surface area contributed by atoms with E-state index in [9.17, 15) is 0 Å². The molecule has 240 valence electrons. The third kappa shape index (κ3) is 5.30. The van der Waals surface area contributed by atoms with Crippen LogP contribution in [0.2, 0.25) is 0 Å². The fourth-order valence-electron chi connectivity index (χ4n) is 7.06. The Morgan fingerprint density at radius 2 is 1.30 bits per heavy atom. The minimum Gasteiger partial charge on any atom is -0.455 e. The molecule has 2 aromatic heterocycles. The summed E-state index contributed by atoms with van der Waals surface area (Å²) in [7, 11) is 0. The molecule has 0 saturated heterocycles. The number of aliphatic imine (C=N–C) groups is 1. The van der Waals surface area contributed by atoms with E-state index in [1.54, 1.807) is 0 Å². The highest BCUT2D eigenvalue weighted by Gasteiger charge is 2.17. The Bertz CT molecular complexity index is 2650. The SMILES string of the molecule is NC(=NC(NCc1ccc(-n2c3ccccc3c3ccc(-c4cccc5c4oc4ccccc45)cc32)cc1)c1ccccc1)c1ccccc1. The summed E-state index contributed by atoms with van der Waals surface area (Å²) in [6.45, 7) is 0.629. The number of hydrogen-bond donors (Lipinski definition) is 2. The highest BCUT2D eigenvalue weighted by Crippen LogP contribution is 2.39. The van der Waals surface area contributed by atoms with Crippen LogP contribution in [0.1, 0.15) is 22.9 Å². The van der Waals surface area contributed by atoms with Crippen molar-refractivity contribution in [3.8, 4) is 16.8 Å². The Hall–Kier alpha value is -6.43. The number of nitrogens with zero attached hydrogens (tertiary/aromatic N) is 2. The normalized spacial score (nSPS) is 12.7. The van der Waals surface area contributed by atoms with E-state index >= 15 is 0 Å². The molecule has 5 heteroatoms. The maximum atomic E-state index is 6.46. The summed E-state index contributed by atoms with van der Waals surface area (Å²) in [5, 5.41) is 8.34. The number of aromatic nitrogens is 1. The molecule has 0 bridgehead atoms. The average molecular weight is 647 g/mol. The largest absolute Gasteiger partial charge is 0.455 e. The van der Waals surface area contributed by atoms with Crippen molar-refractivity contribution in [3.63, 3.8) is 0 Å². The van der Waals surface area contributed by atoms with E-state index in [0.717, 1.165) is 61.0 Å². The topological polar surface area (TPSA) is 68.5 Å². The second-order valence-electron chi connectivity index (χ2n) is 12.6. The number of amidine groups is 1. The Kier molecular flexibility index (Phi) is 7.45. The first-order valence-electron chi connectivity index (χ1n) is 16.9. The van der Waals surface area contributed by atoms with Crippen molar-refractivity contribution in [2.75, 3.05) is 0 Å². The second kappa shape index (κ2) is 12.5. The minimum absolute atomic E-state index is 0.289. The molecule has 9 aromatic rings. The lowest BCUT2D eigenvalue weighted by atomic mass is 10.0. The summed E-state index contributed by atoms with van der Waals surface area (Å²) in [6.07, 6.45) is -0.289. The molecule has 2 heterocycles. The number of hydrogen-bond acceptors (Lipinski definition) is 3. The van der Waals surface area contributed by atoms with Crippen LogP contribution in [0.15, 0.2) is 179 Å². The molecule has 0 aliphatic carbocycles.